The molecule has 1 N–H and O–H groups in total. The number of rotatable bonds is 3. The molecule has 0 spiro atoms. The van der Waals surface area contributed by atoms with Crippen molar-refractivity contribution in [3.05, 3.63) is 29.8 Å². The van der Waals surface area contributed by atoms with Gasteiger partial charge in [0.15, 0.2) is 5.78 Å². The van der Waals surface area contributed by atoms with E-state index in [1.54, 1.807) is 18.2 Å². The highest BCUT2D eigenvalue weighted by Crippen LogP contribution is 2.10. The Labute approximate surface area is 71.3 Å². The average molecular weight is 165 g/mol. The van der Waals surface area contributed by atoms with Gasteiger partial charge in [0, 0.05) is 5.56 Å². The molecule has 0 heterocycles. The maximum atomic E-state index is 10.9. The van der Waals surface area contributed by atoms with Crippen LogP contribution in [0.15, 0.2) is 24.3 Å². The van der Waals surface area contributed by atoms with Gasteiger partial charge in [0.25, 0.3) is 0 Å². The highest BCUT2D eigenvalue weighted by atomic mass is 16.6. The van der Waals surface area contributed by atoms with Crippen LogP contribution in [0.3, 0.4) is 0 Å². The van der Waals surface area contributed by atoms with E-state index in [-0.39, 0.29) is 5.78 Å². The number of ketones is 1. The summed E-state index contributed by atoms with van der Waals surface area (Å²) >= 11 is 0. The first kappa shape index (κ1) is 8.74. The van der Waals surface area contributed by atoms with Crippen LogP contribution < -0.4 is 5.48 Å². The Morgan fingerprint density at radius 2 is 2.25 bits per heavy atom. The van der Waals surface area contributed by atoms with Gasteiger partial charge in [-0.2, -0.15) is 0 Å². The van der Waals surface area contributed by atoms with Crippen molar-refractivity contribution in [2.75, 3.05) is 12.6 Å². The Hall–Kier alpha value is -1.35. The van der Waals surface area contributed by atoms with Crippen molar-refractivity contribution < 1.29 is 9.63 Å². The molecule has 0 amide bonds. The maximum absolute atomic E-state index is 10.9. The zero-order valence-electron chi connectivity index (χ0n) is 7.13. The van der Waals surface area contributed by atoms with Crippen molar-refractivity contribution >= 4 is 11.5 Å². The van der Waals surface area contributed by atoms with E-state index in [0.717, 1.165) is 5.69 Å². The molecule has 0 atom stereocenters. The lowest BCUT2D eigenvalue weighted by atomic mass is 10.1. The van der Waals surface area contributed by atoms with Gasteiger partial charge in [0.2, 0.25) is 0 Å². The number of hydrogen-bond donors (Lipinski definition) is 1. The van der Waals surface area contributed by atoms with E-state index in [1.165, 1.54) is 14.0 Å². The quantitative estimate of drug-likeness (QED) is 0.548. The standard InChI is InChI=1S/C9H11NO2/c1-7(11)8-4-3-5-9(6-8)10-12-2/h3-6,10H,1-2H3. The molecule has 64 valence electrons. The molecule has 0 bridgehead atoms. The molecule has 0 radical (unpaired) electrons. The predicted octanol–water partition coefficient (Wildman–Crippen LogP) is 1.86. The Morgan fingerprint density at radius 3 is 2.83 bits per heavy atom. The summed E-state index contributed by atoms with van der Waals surface area (Å²) in [4.78, 5) is 15.6. The highest BCUT2D eigenvalue weighted by molar-refractivity contribution is 5.94. The minimum absolute atomic E-state index is 0.0507. The number of carbonyl (C=O) groups is 1. The fourth-order valence-corrected chi connectivity index (χ4v) is 0.920. The first-order valence-corrected chi connectivity index (χ1v) is 3.64. The van der Waals surface area contributed by atoms with Crippen molar-refractivity contribution in [3.8, 4) is 0 Å². The van der Waals surface area contributed by atoms with E-state index in [9.17, 15) is 4.79 Å². The van der Waals surface area contributed by atoms with Crippen LogP contribution in [0.4, 0.5) is 5.69 Å². The van der Waals surface area contributed by atoms with E-state index in [2.05, 4.69) is 5.48 Å². The SMILES string of the molecule is CONc1cccc(C(C)=O)c1. The molecule has 0 aliphatic heterocycles. The second-order valence-corrected chi connectivity index (χ2v) is 2.44. The summed E-state index contributed by atoms with van der Waals surface area (Å²) in [5.41, 5.74) is 4.11. The van der Waals surface area contributed by atoms with Gasteiger partial charge in [0.1, 0.15) is 0 Å². The first-order valence-electron chi connectivity index (χ1n) is 3.64. The van der Waals surface area contributed by atoms with Crippen LogP contribution in [0.5, 0.6) is 0 Å². The Balaban J connectivity index is 2.88. The fourth-order valence-electron chi connectivity index (χ4n) is 0.920. The molecule has 1 rings (SSSR count). The molecule has 0 fully saturated rings. The molecule has 12 heavy (non-hydrogen) atoms. The number of hydrogen-bond acceptors (Lipinski definition) is 3. The zero-order valence-corrected chi connectivity index (χ0v) is 7.13. The Kier molecular flexibility index (Phi) is 2.82. The maximum Gasteiger partial charge on any atom is 0.159 e. The molecule has 0 aliphatic rings. The molecule has 1 aromatic rings. The van der Waals surface area contributed by atoms with E-state index in [1.807, 2.05) is 6.07 Å². The van der Waals surface area contributed by atoms with Gasteiger partial charge < -0.3 is 0 Å². The molecule has 0 aliphatic carbocycles. The zero-order chi connectivity index (χ0) is 8.97. The third-order valence-electron chi connectivity index (χ3n) is 1.49. The summed E-state index contributed by atoms with van der Waals surface area (Å²) in [6.07, 6.45) is 0. The summed E-state index contributed by atoms with van der Waals surface area (Å²) < 4.78 is 0. The summed E-state index contributed by atoms with van der Waals surface area (Å²) in [6, 6.07) is 7.14. The lowest BCUT2D eigenvalue weighted by molar-refractivity contribution is 0.101. The molecule has 0 unspecified atom stereocenters. The lowest BCUT2D eigenvalue weighted by Gasteiger charge is -2.03. The van der Waals surface area contributed by atoms with Crippen molar-refractivity contribution in [2.24, 2.45) is 0 Å². The lowest BCUT2D eigenvalue weighted by Crippen LogP contribution is -1.98. The summed E-state index contributed by atoms with van der Waals surface area (Å²) in [5.74, 6) is 0.0507. The minimum Gasteiger partial charge on any atom is -0.295 e. The van der Waals surface area contributed by atoms with Crippen LogP contribution in [-0.2, 0) is 4.84 Å². The minimum atomic E-state index is 0.0507. The third-order valence-corrected chi connectivity index (χ3v) is 1.49. The van der Waals surface area contributed by atoms with E-state index >= 15 is 0 Å². The van der Waals surface area contributed by atoms with Crippen LogP contribution in [0.2, 0.25) is 0 Å². The average Bonchev–Trinajstić information content (AvgIpc) is 2.05. The van der Waals surface area contributed by atoms with Crippen molar-refractivity contribution in [3.63, 3.8) is 0 Å². The molecule has 0 aromatic heterocycles. The molecule has 3 nitrogen and oxygen atoms in total. The summed E-state index contributed by atoms with van der Waals surface area (Å²) in [7, 11) is 1.53. The second-order valence-electron chi connectivity index (χ2n) is 2.44. The largest absolute Gasteiger partial charge is 0.295 e. The molecule has 0 saturated carbocycles. The van der Waals surface area contributed by atoms with Crippen molar-refractivity contribution in [2.45, 2.75) is 6.92 Å². The Bertz CT molecular complexity index is 284. The van der Waals surface area contributed by atoms with Gasteiger partial charge >= 0.3 is 0 Å². The second kappa shape index (κ2) is 3.88. The monoisotopic (exact) mass is 165 g/mol. The van der Waals surface area contributed by atoms with Crippen LogP contribution in [0.1, 0.15) is 17.3 Å². The molecule has 3 heteroatoms. The molecule has 1 aromatic carbocycles. The number of carbonyl (C=O) groups excluding carboxylic acids is 1. The predicted molar refractivity (Wildman–Crippen MR) is 47.1 cm³/mol. The first-order chi connectivity index (χ1) is 5.74. The van der Waals surface area contributed by atoms with E-state index in [0.29, 0.717) is 5.56 Å². The normalized spacial score (nSPS) is 9.50. The smallest absolute Gasteiger partial charge is 0.159 e. The summed E-state index contributed by atoms with van der Waals surface area (Å²) in [6.45, 7) is 1.53. The van der Waals surface area contributed by atoms with Crippen molar-refractivity contribution in [1.29, 1.82) is 0 Å². The van der Waals surface area contributed by atoms with Gasteiger partial charge in [-0.15, -0.1) is 0 Å². The number of anilines is 1. The van der Waals surface area contributed by atoms with Gasteiger partial charge in [-0.1, -0.05) is 12.1 Å². The van der Waals surface area contributed by atoms with E-state index < -0.39 is 0 Å². The number of benzene rings is 1. The van der Waals surface area contributed by atoms with Crippen LogP contribution in [0, 0.1) is 0 Å². The molecular formula is C9H11NO2. The summed E-state index contributed by atoms with van der Waals surface area (Å²) in [5, 5.41) is 0. The van der Waals surface area contributed by atoms with Crippen LogP contribution in [-0.4, -0.2) is 12.9 Å². The number of Topliss-reactive ketones (excluding diaryl/α,β-unsaturated/α-hetero) is 1. The van der Waals surface area contributed by atoms with Crippen molar-refractivity contribution in [1.82, 2.24) is 0 Å². The van der Waals surface area contributed by atoms with E-state index in [4.69, 9.17) is 4.84 Å². The third kappa shape index (κ3) is 2.07. The van der Waals surface area contributed by atoms with Crippen LogP contribution >= 0.6 is 0 Å². The topological polar surface area (TPSA) is 38.3 Å². The molecule has 0 saturated heterocycles. The van der Waals surface area contributed by atoms with Gasteiger partial charge in [-0.25, -0.2) is 0 Å². The van der Waals surface area contributed by atoms with Gasteiger partial charge in [0.05, 0.1) is 12.8 Å². The van der Waals surface area contributed by atoms with Crippen LogP contribution in [0.25, 0.3) is 0 Å². The number of nitrogens with one attached hydrogen (secondary N) is 1. The fraction of sp³-hybridized carbons (Fsp3) is 0.222. The van der Waals surface area contributed by atoms with Gasteiger partial charge in [-0.3, -0.25) is 15.1 Å². The van der Waals surface area contributed by atoms with Gasteiger partial charge in [-0.05, 0) is 19.1 Å². The molecular weight excluding hydrogens is 154 g/mol. The Morgan fingerprint density at radius 1 is 1.50 bits per heavy atom. The highest BCUT2D eigenvalue weighted by Gasteiger charge is 1.98.